The molecule has 0 atom stereocenters. The summed E-state index contributed by atoms with van der Waals surface area (Å²) in [4.78, 5) is 17.2. The van der Waals surface area contributed by atoms with Crippen molar-refractivity contribution in [2.45, 2.75) is 46.2 Å². The van der Waals surface area contributed by atoms with E-state index in [1.165, 1.54) is 5.56 Å². The number of amides is 1. The molecule has 0 aliphatic rings. The fourth-order valence-corrected chi connectivity index (χ4v) is 4.10. The highest BCUT2D eigenvalue weighted by molar-refractivity contribution is 5.77. The summed E-state index contributed by atoms with van der Waals surface area (Å²) < 4.78 is 8.28. The van der Waals surface area contributed by atoms with Gasteiger partial charge in [0.2, 0.25) is 5.91 Å². The van der Waals surface area contributed by atoms with E-state index in [1.807, 2.05) is 48.5 Å². The van der Waals surface area contributed by atoms with Gasteiger partial charge in [0.25, 0.3) is 0 Å². The highest BCUT2D eigenvalue weighted by atomic mass is 16.5. The van der Waals surface area contributed by atoms with E-state index in [9.17, 15) is 4.79 Å². The van der Waals surface area contributed by atoms with E-state index in [1.54, 1.807) is 0 Å². The van der Waals surface area contributed by atoms with Crippen LogP contribution >= 0.6 is 0 Å². The van der Waals surface area contributed by atoms with Gasteiger partial charge in [-0.1, -0.05) is 60.7 Å². The molecule has 0 aliphatic carbocycles. The number of para-hydroxylation sites is 3. The summed E-state index contributed by atoms with van der Waals surface area (Å²) in [5, 5.41) is 3.05. The Bertz CT molecular complexity index is 1190. The second kappa shape index (κ2) is 10.8. The van der Waals surface area contributed by atoms with Gasteiger partial charge in [0.05, 0.1) is 24.2 Å². The zero-order valence-corrected chi connectivity index (χ0v) is 19.4. The zero-order valence-electron chi connectivity index (χ0n) is 19.4. The lowest BCUT2D eigenvalue weighted by Gasteiger charge is -2.13. The van der Waals surface area contributed by atoms with E-state index < -0.39 is 0 Å². The van der Waals surface area contributed by atoms with Crippen LogP contribution < -0.4 is 10.1 Å². The average Bonchev–Trinajstić information content (AvgIpc) is 3.19. The Morgan fingerprint density at radius 1 is 0.939 bits per heavy atom. The van der Waals surface area contributed by atoms with Crippen molar-refractivity contribution in [2.24, 2.45) is 0 Å². The molecule has 5 heteroatoms. The van der Waals surface area contributed by atoms with Crippen molar-refractivity contribution < 1.29 is 9.53 Å². The molecule has 4 aromatic rings. The molecule has 0 fully saturated rings. The third kappa shape index (κ3) is 5.80. The number of imidazole rings is 1. The highest BCUT2D eigenvalue weighted by Gasteiger charge is 2.12. The predicted octanol–water partition coefficient (Wildman–Crippen LogP) is 5.37. The minimum atomic E-state index is 0.0378. The van der Waals surface area contributed by atoms with Crippen LogP contribution in [0.1, 0.15) is 35.4 Å². The van der Waals surface area contributed by atoms with E-state index >= 15 is 0 Å². The zero-order chi connectivity index (χ0) is 23.0. The SMILES string of the molecule is Cc1cccc(C)c1OCCCn1c(CNC(=O)CCc2ccccc2)nc2ccccc21. The molecule has 0 saturated carbocycles. The van der Waals surface area contributed by atoms with Crippen molar-refractivity contribution in [1.82, 2.24) is 14.9 Å². The molecule has 0 unspecified atom stereocenters. The van der Waals surface area contributed by atoms with E-state index in [0.717, 1.165) is 53.1 Å². The molecule has 1 amide bonds. The maximum atomic E-state index is 12.4. The minimum Gasteiger partial charge on any atom is -0.493 e. The topological polar surface area (TPSA) is 56.1 Å². The van der Waals surface area contributed by atoms with Crippen molar-refractivity contribution in [3.05, 3.63) is 95.3 Å². The van der Waals surface area contributed by atoms with Crippen LogP contribution in [0.5, 0.6) is 5.75 Å². The van der Waals surface area contributed by atoms with Crippen LogP contribution in [0.4, 0.5) is 0 Å². The normalized spacial score (nSPS) is 11.0. The first-order valence-electron chi connectivity index (χ1n) is 11.6. The lowest BCUT2D eigenvalue weighted by atomic mass is 10.1. The Morgan fingerprint density at radius 3 is 2.45 bits per heavy atom. The van der Waals surface area contributed by atoms with Gasteiger partial charge in [0.1, 0.15) is 11.6 Å². The first-order chi connectivity index (χ1) is 16.1. The van der Waals surface area contributed by atoms with Gasteiger partial charge in [-0.3, -0.25) is 4.79 Å². The molecule has 1 aromatic heterocycles. The van der Waals surface area contributed by atoms with Crippen LogP contribution in [0.2, 0.25) is 0 Å². The lowest BCUT2D eigenvalue weighted by molar-refractivity contribution is -0.121. The smallest absolute Gasteiger partial charge is 0.220 e. The van der Waals surface area contributed by atoms with Gasteiger partial charge in [-0.05, 0) is 55.5 Å². The molecule has 0 saturated heterocycles. The van der Waals surface area contributed by atoms with Gasteiger partial charge in [-0.15, -0.1) is 0 Å². The summed E-state index contributed by atoms with van der Waals surface area (Å²) in [7, 11) is 0. The molecule has 0 radical (unpaired) electrons. The third-order valence-corrected chi connectivity index (χ3v) is 5.84. The summed E-state index contributed by atoms with van der Waals surface area (Å²) in [6.45, 7) is 5.97. The maximum absolute atomic E-state index is 12.4. The number of fused-ring (bicyclic) bond motifs is 1. The molecule has 1 heterocycles. The predicted molar refractivity (Wildman–Crippen MR) is 132 cm³/mol. The van der Waals surface area contributed by atoms with Crippen molar-refractivity contribution >= 4 is 16.9 Å². The van der Waals surface area contributed by atoms with Crippen LogP contribution in [-0.2, 0) is 24.3 Å². The number of benzene rings is 3. The van der Waals surface area contributed by atoms with Crippen molar-refractivity contribution in [3.63, 3.8) is 0 Å². The van der Waals surface area contributed by atoms with Crippen LogP contribution in [0.25, 0.3) is 11.0 Å². The number of hydrogen-bond donors (Lipinski definition) is 1. The molecular weight excluding hydrogens is 410 g/mol. The largest absolute Gasteiger partial charge is 0.493 e. The Kier molecular flexibility index (Phi) is 7.40. The number of carbonyl (C=O) groups is 1. The van der Waals surface area contributed by atoms with Crippen LogP contribution in [0.15, 0.2) is 72.8 Å². The number of aryl methyl sites for hydroxylation is 4. The molecular formula is C28H31N3O2. The monoisotopic (exact) mass is 441 g/mol. The van der Waals surface area contributed by atoms with Crippen LogP contribution in [-0.4, -0.2) is 22.1 Å². The minimum absolute atomic E-state index is 0.0378. The number of ether oxygens (including phenoxy) is 1. The molecule has 170 valence electrons. The van der Waals surface area contributed by atoms with Gasteiger partial charge < -0.3 is 14.6 Å². The first-order valence-corrected chi connectivity index (χ1v) is 11.6. The second-order valence-corrected chi connectivity index (χ2v) is 8.35. The molecule has 0 spiro atoms. The maximum Gasteiger partial charge on any atom is 0.220 e. The molecule has 5 nitrogen and oxygen atoms in total. The summed E-state index contributed by atoms with van der Waals surface area (Å²) in [5.74, 6) is 1.88. The summed E-state index contributed by atoms with van der Waals surface area (Å²) in [5.41, 5.74) is 5.51. The van der Waals surface area contributed by atoms with Gasteiger partial charge in [-0.25, -0.2) is 4.98 Å². The molecule has 3 aromatic carbocycles. The number of carbonyl (C=O) groups excluding carboxylic acids is 1. The summed E-state index contributed by atoms with van der Waals surface area (Å²) >= 11 is 0. The number of aromatic nitrogens is 2. The van der Waals surface area contributed by atoms with Crippen LogP contribution in [0.3, 0.4) is 0 Å². The standard InChI is InChI=1S/C28H31N3O2/c1-21-10-8-11-22(2)28(21)33-19-9-18-31-25-15-7-6-14-24(25)30-26(31)20-29-27(32)17-16-23-12-4-3-5-13-23/h3-8,10-15H,9,16-20H2,1-2H3,(H,29,32). The average molecular weight is 442 g/mol. The van der Waals surface area contributed by atoms with E-state index in [4.69, 9.17) is 9.72 Å². The highest BCUT2D eigenvalue weighted by Crippen LogP contribution is 2.23. The van der Waals surface area contributed by atoms with Crippen molar-refractivity contribution in [3.8, 4) is 5.75 Å². The molecule has 4 rings (SSSR count). The number of nitrogens with one attached hydrogen (secondary N) is 1. The summed E-state index contributed by atoms with van der Waals surface area (Å²) in [6, 6.07) is 24.4. The Labute approximate surface area is 195 Å². The Balaban J connectivity index is 1.36. The fraction of sp³-hybridized carbons (Fsp3) is 0.286. The van der Waals surface area contributed by atoms with Crippen molar-refractivity contribution in [1.29, 1.82) is 0 Å². The van der Waals surface area contributed by atoms with Gasteiger partial charge in [0.15, 0.2) is 0 Å². The van der Waals surface area contributed by atoms with E-state index in [-0.39, 0.29) is 5.91 Å². The summed E-state index contributed by atoms with van der Waals surface area (Å²) in [6.07, 6.45) is 2.05. The molecule has 0 bridgehead atoms. The molecule has 33 heavy (non-hydrogen) atoms. The third-order valence-electron chi connectivity index (χ3n) is 5.84. The fourth-order valence-electron chi connectivity index (χ4n) is 4.10. The van der Waals surface area contributed by atoms with Gasteiger partial charge in [-0.2, -0.15) is 0 Å². The van der Waals surface area contributed by atoms with Gasteiger partial charge >= 0.3 is 0 Å². The lowest BCUT2D eigenvalue weighted by Crippen LogP contribution is -2.25. The van der Waals surface area contributed by atoms with Crippen LogP contribution in [0, 0.1) is 13.8 Å². The quantitative estimate of drug-likeness (QED) is 0.337. The first kappa shape index (κ1) is 22.6. The Morgan fingerprint density at radius 2 is 1.67 bits per heavy atom. The van der Waals surface area contributed by atoms with Gasteiger partial charge in [0, 0.05) is 13.0 Å². The number of hydrogen-bond acceptors (Lipinski definition) is 3. The second-order valence-electron chi connectivity index (χ2n) is 8.35. The number of nitrogens with zero attached hydrogens (tertiary/aromatic N) is 2. The Hall–Kier alpha value is -3.60. The molecule has 0 aliphatic heterocycles. The van der Waals surface area contributed by atoms with E-state index in [0.29, 0.717) is 19.6 Å². The molecule has 1 N–H and O–H groups in total. The number of rotatable bonds is 10. The van der Waals surface area contributed by atoms with E-state index in [2.05, 4.69) is 48.0 Å². The van der Waals surface area contributed by atoms with Crippen molar-refractivity contribution in [2.75, 3.05) is 6.61 Å².